The molecule has 0 aromatic heterocycles. The van der Waals surface area contributed by atoms with E-state index in [1.165, 1.54) is 0 Å². The number of hydrogen-bond acceptors (Lipinski definition) is 7. The maximum atomic E-state index is 13.3. The molecule has 224 valence electrons. The van der Waals surface area contributed by atoms with Gasteiger partial charge in [0.25, 0.3) is 0 Å². The van der Waals surface area contributed by atoms with Gasteiger partial charge in [-0.15, -0.1) is 0 Å². The molecule has 11 heteroatoms. The van der Waals surface area contributed by atoms with Crippen LogP contribution in [-0.4, -0.2) is 66.3 Å². The first kappa shape index (κ1) is 36.2. The first-order valence-corrected chi connectivity index (χ1v) is 14.2. The molecule has 0 aliphatic carbocycles. The first-order chi connectivity index (χ1) is 18.3. The van der Waals surface area contributed by atoms with E-state index in [2.05, 4.69) is 20.9 Å². The number of rotatable bonds is 22. The van der Waals surface area contributed by atoms with Gasteiger partial charge in [0, 0.05) is 44.2 Å². The largest absolute Gasteiger partial charge is 0.370 e. The van der Waals surface area contributed by atoms with Crippen LogP contribution in [0.2, 0.25) is 0 Å². The number of nitrogens with zero attached hydrogens (tertiary/aromatic N) is 1. The molecular weight excluding hydrogens is 500 g/mol. The number of nitrogens with two attached hydrogens (primary N) is 2. The van der Waals surface area contributed by atoms with Crippen LogP contribution in [-0.2, 0) is 24.0 Å². The van der Waals surface area contributed by atoms with E-state index in [1.54, 1.807) is 6.92 Å². The number of aliphatic imine (C=N–C) groups is 1. The summed E-state index contributed by atoms with van der Waals surface area (Å²) in [6.45, 7) is 11.8. The highest BCUT2D eigenvalue weighted by Crippen LogP contribution is 2.18. The molecule has 2 amide bonds. The number of ketones is 3. The highest BCUT2D eigenvalue weighted by molar-refractivity contribution is 5.94. The van der Waals surface area contributed by atoms with E-state index in [-0.39, 0.29) is 79.9 Å². The van der Waals surface area contributed by atoms with Crippen molar-refractivity contribution in [3.63, 3.8) is 0 Å². The van der Waals surface area contributed by atoms with Gasteiger partial charge in [0.1, 0.15) is 5.78 Å². The van der Waals surface area contributed by atoms with Gasteiger partial charge < -0.3 is 27.4 Å². The fraction of sp³-hybridized carbons (Fsp3) is 0.786. The van der Waals surface area contributed by atoms with Crippen LogP contribution in [0.25, 0.3) is 0 Å². The molecule has 0 unspecified atom stereocenters. The lowest BCUT2D eigenvalue weighted by molar-refractivity contribution is -0.133. The van der Waals surface area contributed by atoms with Gasteiger partial charge in [-0.2, -0.15) is 0 Å². The fourth-order valence-electron chi connectivity index (χ4n) is 4.13. The van der Waals surface area contributed by atoms with Gasteiger partial charge in [0.05, 0.1) is 18.6 Å². The molecule has 7 N–H and O–H groups in total. The molecule has 0 heterocycles. The van der Waals surface area contributed by atoms with Gasteiger partial charge in [-0.05, 0) is 38.5 Å². The second kappa shape index (κ2) is 20.1. The fourth-order valence-corrected chi connectivity index (χ4v) is 4.13. The zero-order valence-electron chi connectivity index (χ0n) is 24.8. The number of amides is 2. The van der Waals surface area contributed by atoms with E-state index in [1.807, 2.05) is 34.6 Å². The lowest BCUT2D eigenvalue weighted by Crippen LogP contribution is -2.46. The average molecular weight is 553 g/mol. The zero-order valence-corrected chi connectivity index (χ0v) is 24.8. The molecule has 3 atom stereocenters. The second-order valence-corrected chi connectivity index (χ2v) is 10.9. The molecule has 0 rings (SSSR count). The van der Waals surface area contributed by atoms with Crippen molar-refractivity contribution in [1.82, 2.24) is 16.0 Å². The van der Waals surface area contributed by atoms with E-state index in [0.29, 0.717) is 19.3 Å². The third-order valence-electron chi connectivity index (χ3n) is 6.18. The lowest BCUT2D eigenvalue weighted by atomic mass is 9.89. The van der Waals surface area contributed by atoms with Crippen molar-refractivity contribution in [2.45, 2.75) is 117 Å². The summed E-state index contributed by atoms with van der Waals surface area (Å²) in [6.07, 6.45) is 3.17. The smallest absolute Gasteiger partial charge is 0.224 e. The normalized spacial score (nSPS) is 13.4. The number of guanidine groups is 1. The maximum Gasteiger partial charge on any atom is 0.224 e. The summed E-state index contributed by atoms with van der Waals surface area (Å²) in [4.78, 5) is 67.1. The summed E-state index contributed by atoms with van der Waals surface area (Å²) >= 11 is 0. The number of Topliss-reactive ketones (excluding diaryl/α,β-unsaturated/α-hetero) is 3. The number of carbonyl (C=O) groups excluding carboxylic acids is 5. The van der Waals surface area contributed by atoms with E-state index < -0.39 is 23.9 Å². The predicted molar refractivity (Wildman–Crippen MR) is 154 cm³/mol. The topological polar surface area (TPSA) is 186 Å². The van der Waals surface area contributed by atoms with Crippen LogP contribution in [0.1, 0.15) is 99.3 Å². The molecule has 0 spiro atoms. The number of hydrogen-bond donors (Lipinski definition) is 5. The van der Waals surface area contributed by atoms with Gasteiger partial charge in [-0.1, -0.05) is 41.0 Å². The van der Waals surface area contributed by atoms with E-state index >= 15 is 0 Å². The highest BCUT2D eigenvalue weighted by atomic mass is 16.2. The standard InChI is InChI=1S/C28H52N6O5/c1-7-8-10-22(35)17-32-26(38)13-12-24(36)23(11-9-14-31-28(29)30)34-27(39)21(15-18(2)3)16-25(37)20(6)33-19(4)5/h18-21,23,33H,7-17H2,1-6H3,(H,32,38)(H,34,39)(H4,29,30,31)/t20-,21+,23-/m0/s1. The summed E-state index contributed by atoms with van der Waals surface area (Å²) in [5.41, 5.74) is 10.8. The van der Waals surface area contributed by atoms with Crippen LogP contribution >= 0.6 is 0 Å². The Labute approximate surface area is 234 Å². The third-order valence-corrected chi connectivity index (χ3v) is 6.18. The van der Waals surface area contributed by atoms with Crippen molar-refractivity contribution < 1.29 is 24.0 Å². The van der Waals surface area contributed by atoms with Crippen molar-refractivity contribution in [2.24, 2.45) is 28.3 Å². The van der Waals surface area contributed by atoms with Crippen LogP contribution in [0, 0.1) is 11.8 Å². The minimum atomic E-state index is -0.846. The highest BCUT2D eigenvalue weighted by Gasteiger charge is 2.29. The molecule has 0 saturated carbocycles. The van der Waals surface area contributed by atoms with Crippen LogP contribution in [0.3, 0.4) is 0 Å². The van der Waals surface area contributed by atoms with Crippen molar-refractivity contribution in [1.29, 1.82) is 0 Å². The average Bonchev–Trinajstić information content (AvgIpc) is 2.84. The Balaban J connectivity index is 5.32. The Bertz CT molecular complexity index is 823. The zero-order chi connectivity index (χ0) is 30.0. The number of carbonyl (C=O) groups is 5. The molecule has 0 aliphatic heterocycles. The van der Waals surface area contributed by atoms with Gasteiger partial charge >= 0.3 is 0 Å². The van der Waals surface area contributed by atoms with Crippen molar-refractivity contribution in [2.75, 3.05) is 13.1 Å². The molecular formula is C28H52N6O5. The van der Waals surface area contributed by atoms with Crippen LogP contribution in [0.4, 0.5) is 0 Å². The minimum absolute atomic E-state index is 0.0509. The Morgan fingerprint density at radius 3 is 2.10 bits per heavy atom. The van der Waals surface area contributed by atoms with E-state index in [0.717, 1.165) is 12.8 Å². The quantitative estimate of drug-likeness (QED) is 0.0763. The van der Waals surface area contributed by atoms with Gasteiger partial charge in [0.15, 0.2) is 17.5 Å². The molecule has 0 aromatic carbocycles. The van der Waals surface area contributed by atoms with Crippen molar-refractivity contribution >= 4 is 35.1 Å². The summed E-state index contributed by atoms with van der Waals surface area (Å²) in [7, 11) is 0. The number of nitrogens with one attached hydrogen (secondary N) is 3. The summed E-state index contributed by atoms with van der Waals surface area (Å²) in [6, 6.07) is -1.11. The lowest BCUT2D eigenvalue weighted by Gasteiger charge is -2.24. The van der Waals surface area contributed by atoms with Gasteiger partial charge in [0.2, 0.25) is 11.8 Å². The Morgan fingerprint density at radius 1 is 0.872 bits per heavy atom. The Hall–Kier alpha value is -2.82. The van der Waals surface area contributed by atoms with Crippen LogP contribution < -0.4 is 27.4 Å². The molecule has 0 aromatic rings. The SMILES string of the molecule is CCCCC(=O)CNC(=O)CCC(=O)[C@H](CCCN=C(N)N)NC(=O)[C@@H](CC(=O)[C@H](C)NC(C)C)CC(C)C. The molecule has 0 fully saturated rings. The molecule has 39 heavy (non-hydrogen) atoms. The van der Waals surface area contributed by atoms with Crippen molar-refractivity contribution in [3.05, 3.63) is 0 Å². The summed E-state index contributed by atoms with van der Waals surface area (Å²) in [5, 5.41) is 8.56. The van der Waals surface area contributed by atoms with E-state index in [9.17, 15) is 24.0 Å². The predicted octanol–water partition coefficient (Wildman–Crippen LogP) is 1.76. The third kappa shape index (κ3) is 18.2. The molecule has 11 nitrogen and oxygen atoms in total. The van der Waals surface area contributed by atoms with Crippen molar-refractivity contribution in [3.8, 4) is 0 Å². The van der Waals surface area contributed by atoms with Crippen LogP contribution in [0.15, 0.2) is 4.99 Å². The maximum absolute atomic E-state index is 13.3. The summed E-state index contributed by atoms with van der Waals surface area (Å²) in [5.74, 6) is -1.65. The van der Waals surface area contributed by atoms with Gasteiger partial charge in [-0.3, -0.25) is 29.0 Å². The van der Waals surface area contributed by atoms with Crippen LogP contribution in [0.5, 0.6) is 0 Å². The van der Waals surface area contributed by atoms with Gasteiger partial charge in [-0.25, -0.2) is 0 Å². The Kier molecular flexibility index (Phi) is 18.7. The molecule has 0 aliphatic rings. The molecule has 0 saturated heterocycles. The molecule has 0 bridgehead atoms. The van der Waals surface area contributed by atoms with E-state index in [4.69, 9.17) is 11.5 Å². The Morgan fingerprint density at radius 2 is 1.54 bits per heavy atom. The minimum Gasteiger partial charge on any atom is -0.370 e. The second-order valence-electron chi connectivity index (χ2n) is 10.9. The first-order valence-electron chi connectivity index (χ1n) is 14.2. The molecule has 0 radical (unpaired) electrons. The number of unbranched alkanes of at least 4 members (excludes halogenated alkanes) is 1. The summed E-state index contributed by atoms with van der Waals surface area (Å²) < 4.78 is 0. The monoisotopic (exact) mass is 552 g/mol.